The number of fused-ring (bicyclic) bond motifs is 2. The molecule has 4 heteroatoms. The van der Waals surface area contributed by atoms with Gasteiger partial charge in [-0.1, -0.05) is 58.9 Å². The van der Waals surface area contributed by atoms with Crippen molar-refractivity contribution in [1.29, 1.82) is 0 Å². The number of hydrogen-bond donors (Lipinski definition) is 0. The third-order valence-electron chi connectivity index (χ3n) is 6.08. The lowest BCUT2D eigenvalue weighted by Gasteiger charge is -2.22. The van der Waals surface area contributed by atoms with Crippen LogP contribution in [0.25, 0.3) is 43.4 Å². The van der Waals surface area contributed by atoms with Crippen LogP contribution in [-0.2, 0) is 11.8 Å². The summed E-state index contributed by atoms with van der Waals surface area (Å²) in [4.78, 5) is 14.1. The minimum absolute atomic E-state index is 0.0325. The van der Waals surface area contributed by atoms with Gasteiger partial charge in [0.1, 0.15) is 6.33 Å². The first-order valence-electron chi connectivity index (χ1n) is 11.5. The second kappa shape index (κ2) is 8.35. The van der Waals surface area contributed by atoms with E-state index in [0.29, 0.717) is 5.92 Å². The Labute approximate surface area is 199 Å². The van der Waals surface area contributed by atoms with Crippen LogP contribution in [-0.4, -0.2) is 15.0 Å². The van der Waals surface area contributed by atoms with Crippen molar-refractivity contribution in [2.75, 3.05) is 0 Å². The maximum atomic E-state index is 4.83. The highest BCUT2D eigenvalue weighted by Gasteiger charge is 2.19. The van der Waals surface area contributed by atoms with Gasteiger partial charge in [-0.15, -0.1) is 11.3 Å². The first-order valence-corrected chi connectivity index (χ1v) is 12.4. The standard InChI is InChI=1S/C29H29N3S/c1-18(2)12-26-22-10-11-33-28(22)23(16-30-26)27-15-25(31-17-32-27)20-13-19-8-6-7-9-21(19)24(14-20)29(3,4)5/h6-11,13-18H,12H2,1-5H3. The summed E-state index contributed by atoms with van der Waals surface area (Å²) in [6.07, 6.45) is 4.65. The Morgan fingerprint density at radius 2 is 1.67 bits per heavy atom. The number of benzene rings is 2. The minimum Gasteiger partial charge on any atom is -0.260 e. The van der Waals surface area contributed by atoms with Gasteiger partial charge >= 0.3 is 0 Å². The van der Waals surface area contributed by atoms with Crippen LogP contribution < -0.4 is 0 Å². The highest BCUT2D eigenvalue weighted by Crippen LogP contribution is 2.37. The van der Waals surface area contributed by atoms with E-state index in [1.54, 1.807) is 17.7 Å². The fourth-order valence-electron chi connectivity index (χ4n) is 4.49. The molecule has 0 unspecified atom stereocenters. The summed E-state index contributed by atoms with van der Waals surface area (Å²) in [6.45, 7) is 11.3. The van der Waals surface area contributed by atoms with E-state index in [2.05, 4.69) is 98.5 Å². The predicted molar refractivity (Wildman–Crippen MR) is 141 cm³/mol. The molecule has 0 spiro atoms. The van der Waals surface area contributed by atoms with Crippen LogP contribution >= 0.6 is 11.3 Å². The van der Waals surface area contributed by atoms with Crippen molar-refractivity contribution in [3.8, 4) is 22.5 Å². The number of pyridine rings is 1. The molecule has 0 amide bonds. The third-order valence-corrected chi connectivity index (χ3v) is 7.03. The van der Waals surface area contributed by atoms with Crippen molar-refractivity contribution in [1.82, 2.24) is 15.0 Å². The van der Waals surface area contributed by atoms with Crippen molar-refractivity contribution in [2.24, 2.45) is 5.92 Å². The molecule has 3 aromatic heterocycles. The zero-order chi connectivity index (χ0) is 23.2. The molecule has 0 atom stereocenters. The monoisotopic (exact) mass is 451 g/mol. The molecule has 166 valence electrons. The Bertz CT molecular complexity index is 1460. The van der Waals surface area contributed by atoms with Gasteiger partial charge in [0.15, 0.2) is 0 Å². The molecule has 0 N–H and O–H groups in total. The fourth-order valence-corrected chi connectivity index (χ4v) is 5.43. The summed E-state index contributed by atoms with van der Waals surface area (Å²) < 4.78 is 1.25. The number of thiophene rings is 1. The van der Waals surface area contributed by atoms with E-state index in [1.807, 2.05) is 6.20 Å². The first kappa shape index (κ1) is 21.7. The highest BCUT2D eigenvalue weighted by molar-refractivity contribution is 7.17. The Hall–Kier alpha value is -3.11. The lowest BCUT2D eigenvalue weighted by Crippen LogP contribution is -2.12. The van der Waals surface area contributed by atoms with Gasteiger partial charge in [0, 0.05) is 33.1 Å². The van der Waals surface area contributed by atoms with Crippen molar-refractivity contribution in [3.63, 3.8) is 0 Å². The quantitative estimate of drug-likeness (QED) is 0.277. The molecule has 33 heavy (non-hydrogen) atoms. The van der Waals surface area contributed by atoms with Gasteiger partial charge in [-0.2, -0.15) is 0 Å². The lowest BCUT2D eigenvalue weighted by molar-refractivity contribution is 0.596. The maximum absolute atomic E-state index is 4.83. The largest absolute Gasteiger partial charge is 0.260 e. The molecule has 0 aliphatic carbocycles. The number of rotatable bonds is 4. The van der Waals surface area contributed by atoms with Gasteiger partial charge in [-0.05, 0) is 63.7 Å². The van der Waals surface area contributed by atoms with E-state index in [0.717, 1.165) is 28.9 Å². The number of hydrogen-bond acceptors (Lipinski definition) is 4. The van der Waals surface area contributed by atoms with E-state index in [-0.39, 0.29) is 5.41 Å². The van der Waals surface area contributed by atoms with Crippen molar-refractivity contribution in [3.05, 3.63) is 77.7 Å². The van der Waals surface area contributed by atoms with Gasteiger partial charge < -0.3 is 0 Å². The van der Waals surface area contributed by atoms with Gasteiger partial charge in [0.05, 0.1) is 11.4 Å². The molecule has 5 rings (SSSR count). The summed E-state index contributed by atoms with van der Waals surface area (Å²) in [5.41, 5.74) is 6.58. The van der Waals surface area contributed by atoms with E-state index < -0.39 is 0 Å². The van der Waals surface area contributed by atoms with Crippen LogP contribution in [0.5, 0.6) is 0 Å². The van der Waals surface area contributed by atoms with E-state index in [9.17, 15) is 0 Å². The van der Waals surface area contributed by atoms with Crippen LogP contribution in [0.2, 0.25) is 0 Å². The molecule has 0 aliphatic rings. The molecule has 5 aromatic rings. The molecular formula is C29H29N3S. The summed E-state index contributed by atoms with van der Waals surface area (Å²) in [6, 6.07) is 17.4. The summed E-state index contributed by atoms with van der Waals surface area (Å²) in [5.74, 6) is 0.571. The zero-order valence-corrected chi connectivity index (χ0v) is 20.7. The van der Waals surface area contributed by atoms with E-state index >= 15 is 0 Å². The Morgan fingerprint density at radius 1 is 0.879 bits per heavy atom. The third kappa shape index (κ3) is 4.16. The Kier molecular flexibility index (Phi) is 5.49. The van der Waals surface area contributed by atoms with Gasteiger partial charge in [0.25, 0.3) is 0 Å². The SMILES string of the molecule is CC(C)Cc1ncc(-c2cc(-c3cc(C(C)(C)C)c4ccccc4c3)ncn2)c2sccc12. The van der Waals surface area contributed by atoms with Gasteiger partial charge in [-0.3, -0.25) is 4.98 Å². The minimum atomic E-state index is 0.0325. The van der Waals surface area contributed by atoms with Crippen LogP contribution in [0, 0.1) is 5.92 Å². The topological polar surface area (TPSA) is 38.7 Å². The normalized spacial score (nSPS) is 12.2. The van der Waals surface area contributed by atoms with Crippen LogP contribution in [0.1, 0.15) is 45.9 Å². The number of nitrogens with zero attached hydrogens (tertiary/aromatic N) is 3. The molecule has 0 radical (unpaired) electrons. The van der Waals surface area contributed by atoms with Crippen LogP contribution in [0.4, 0.5) is 0 Å². The molecule has 3 heterocycles. The molecule has 2 aromatic carbocycles. The van der Waals surface area contributed by atoms with Crippen molar-refractivity contribution in [2.45, 2.75) is 46.5 Å². The number of aromatic nitrogens is 3. The predicted octanol–water partition coefficient (Wildman–Crippen LogP) is 8.07. The second-order valence-electron chi connectivity index (χ2n) is 10.2. The highest BCUT2D eigenvalue weighted by atomic mass is 32.1. The zero-order valence-electron chi connectivity index (χ0n) is 19.9. The van der Waals surface area contributed by atoms with E-state index in [1.165, 1.54) is 32.1 Å². The second-order valence-corrected chi connectivity index (χ2v) is 11.1. The van der Waals surface area contributed by atoms with Gasteiger partial charge in [-0.25, -0.2) is 9.97 Å². The summed E-state index contributed by atoms with van der Waals surface area (Å²) >= 11 is 1.76. The molecule has 0 fully saturated rings. The lowest BCUT2D eigenvalue weighted by atomic mass is 9.82. The smallest absolute Gasteiger partial charge is 0.116 e. The summed E-state index contributed by atoms with van der Waals surface area (Å²) in [7, 11) is 0. The van der Waals surface area contributed by atoms with Crippen LogP contribution in [0.15, 0.2) is 66.4 Å². The fraction of sp³-hybridized carbons (Fsp3) is 0.276. The molecule has 0 aliphatic heterocycles. The van der Waals surface area contributed by atoms with Crippen molar-refractivity contribution >= 4 is 32.2 Å². The average Bonchev–Trinajstić information content (AvgIpc) is 3.28. The Balaban J connectivity index is 1.65. The molecule has 0 saturated heterocycles. The summed E-state index contributed by atoms with van der Waals surface area (Å²) in [5, 5.41) is 5.93. The maximum Gasteiger partial charge on any atom is 0.116 e. The molecule has 0 bridgehead atoms. The van der Waals surface area contributed by atoms with Crippen molar-refractivity contribution < 1.29 is 0 Å². The van der Waals surface area contributed by atoms with E-state index in [4.69, 9.17) is 4.98 Å². The van der Waals surface area contributed by atoms with Gasteiger partial charge in [0.2, 0.25) is 0 Å². The van der Waals surface area contributed by atoms with Crippen LogP contribution in [0.3, 0.4) is 0 Å². The average molecular weight is 452 g/mol. The molecular weight excluding hydrogens is 422 g/mol. The molecule has 3 nitrogen and oxygen atoms in total. The molecule has 0 saturated carbocycles. The Morgan fingerprint density at radius 3 is 2.45 bits per heavy atom. The first-order chi connectivity index (χ1) is 15.8.